The van der Waals surface area contributed by atoms with Crippen LogP contribution in [0.2, 0.25) is 0 Å². The molecule has 0 fully saturated rings. The number of aryl methyl sites for hydroxylation is 1. The van der Waals surface area contributed by atoms with E-state index < -0.39 is 5.97 Å². The van der Waals surface area contributed by atoms with Gasteiger partial charge >= 0.3 is 5.97 Å². The number of anilines is 1. The first-order valence-corrected chi connectivity index (χ1v) is 7.23. The van der Waals surface area contributed by atoms with Crippen LogP contribution in [-0.2, 0) is 17.7 Å². The number of amides is 1. The monoisotopic (exact) mass is 299 g/mol. The van der Waals surface area contributed by atoms with E-state index in [2.05, 4.69) is 15.0 Å². The SMILES string of the molecule is COC(=O)c1ccc(C(=O)Nc2cnc3n2CCCC3)cc1. The molecule has 3 rings (SSSR count). The molecule has 0 saturated carbocycles. The number of carbonyl (C=O) groups excluding carboxylic acids is 2. The van der Waals surface area contributed by atoms with E-state index in [1.807, 2.05) is 4.57 Å². The number of hydrogen-bond acceptors (Lipinski definition) is 4. The van der Waals surface area contributed by atoms with E-state index in [0.717, 1.165) is 37.4 Å². The van der Waals surface area contributed by atoms with Crippen LogP contribution >= 0.6 is 0 Å². The lowest BCUT2D eigenvalue weighted by molar-refractivity contribution is 0.0600. The molecule has 0 saturated heterocycles. The average molecular weight is 299 g/mol. The molecule has 0 spiro atoms. The van der Waals surface area contributed by atoms with Gasteiger partial charge in [0.25, 0.3) is 5.91 Å². The zero-order valence-electron chi connectivity index (χ0n) is 12.3. The molecule has 0 atom stereocenters. The van der Waals surface area contributed by atoms with Crippen molar-refractivity contribution in [2.75, 3.05) is 12.4 Å². The standard InChI is InChI=1S/C16H17N3O3/c1-22-16(21)12-7-5-11(6-8-12)15(20)18-14-10-17-13-4-2-3-9-19(13)14/h5-8,10H,2-4,9H2,1H3,(H,18,20). The van der Waals surface area contributed by atoms with Crippen LogP contribution in [0.3, 0.4) is 0 Å². The Labute approximate surface area is 128 Å². The highest BCUT2D eigenvalue weighted by molar-refractivity contribution is 6.04. The molecule has 2 aromatic rings. The second kappa shape index (κ2) is 6.01. The molecule has 1 aliphatic heterocycles. The van der Waals surface area contributed by atoms with E-state index in [4.69, 9.17) is 0 Å². The molecule has 22 heavy (non-hydrogen) atoms. The number of aromatic nitrogens is 2. The van der Waals surface area contributed by atoms with Crippen LogP contribution in [0.1, 0.15) is 39.4 Å². The van der Waals surface area contributed by atoms with Crippen molar-refractivity contribution < 1.29 is 14.3 Å². The maximum absolute atomic E-state index is 12.3. The normalized spacial score (nSPS) is 13.3. The van der Waals surface area contributed by atoms with E-state index in [0.29, 0.717) is 11.1 Å². The van der Waals surface area contributed by atoms with Crippen LogP contribution < -0.4 is 5.32 Å². The number of esters is 1. The van der Waals surface area contributed by atoms with Crippen molar-refractivity contribution in [3.05, 3.63) is 47.4 Å². The highest BCUT2D eigenvalue weighted by atomic mass is 16.5. The summed E-state index contributed by atoms with van der Waals surface area (Å²) in [6.45, 7) is 0.881. The van der Waals surface area contributed by atoms with Gasteiger partial charge in [0.05, 0.1) is 18.9 Å². The Balaban J connectivity index is 1.74. The van der Waals surface area contributed by atoms with Crippen molar-refractivity contribution in [3.8, 4) is 0 Å². The first-order valence-electron chi connectivity index (χ1n) is 7.23. The fraction of sp³-hybridized carbons (Fsp3) is 0.312. The first kappa shape index (κ1) is 14.3. The Hall–Kier alpha value is -2.63. The smallest absolute Gasteiger partial charge is 0.337 e. The summed E-state index contributed by atoms with van der Waals surface area (Å²) in [5.41, 5.74) is 0.903. The number of hydrogen-bond donors (Lipinski definition) is 1. The molecule has 1 N–H and O–H groups in total. The summed E-state index contributed by atoms with van der Waals surface area (Å²) in [4.78, 5) is 28.0. The number of ether oxygens (including phenoxy) is 1. The summed E-state index contributed by atoms with van der Waals surface area (Å²) in [6.07, 6.45) is 4.88. The van der Waals surface area contributed by atoms with E-state index in [1.54, 1.807) is 30.5 Å². The molecule has 1 aliphatic rings. The van der Waals surface area contributed by atoms with Gasteiger partial charge in [-0.2, -0.15) is 0 Å². The Morgan fingerprint density at radius 1 is 1.18 bits per heavy atom. The molecule has 114 valence electrons. The molecule has 1 aromatic carbocycles. The minimum absolute atomic E-state index is 0.218. The van der Waals surface area contributed by atoms with Crippen molar-refractivity contribution in [1.82, 2.24) is 9.55 Å². The van der Waals surface area contributed by atoms with E-state index in [-0.39, 0.29) is 5.91 Å². The van der Waals surface area contributed by atoms with Gasteiger partial charge < -0.3 is 14.6 Å². The predicted molar refractivity (Wildman–Crippen MR) is 80.9 cm³/mol. The van der Waals surface area contributed by atoms with Crippen molar-refractivity contribution in [1.29, 1.82) is 0 Å². The van der Waals surface area contributed by atoms with Crippen molar-refractivity contribution in [2.24, 2.45) is 0 Å². The highest BCUT2D eigenvalue weighted by Crippen LogP contribution is 2.20. The average Bonchev–Trinajstić information content (AvgIpc) is 2.97. The zero-order chi connectivity index (χ0) is 15.5. The second-order valence-electron chi connectivity index (χ2n) is 5.19. The third kappa shape index (κ3) is 2.72. The molecule has 0 unspecified atom stereocenters. The number of carbonyl (C=O) groups is 2. The molecular weight excluding hydrogens is 282 g/mol. The molecule has 0 bridgehead atoms. The number of benzene rings is 1. The quantitative estimate of drug-likeness (QED) is 0.882. The molecule has 0 aliphatic carbocycles. The minimum Gasteiger partial charge on any atom is -0.465 e. The van der Waals surface area contributed by atoms with E-state index in [9.17, 15) is 9.59 Å². The lowest BCUT2D eigenvalue weighted by atomic mass is 10.1. The van der Waals surface area contributed by atoms with Gasteiger partial charge in [-0.3, -0.25) is 4.79 Å². The summed E-state index contributed by atoms with van der Waals surface area (Å²) in [6, 6.07) is 6.36. The van der Waals surface area contributed by atoms with Crippen LogP contribution in [0.15, 0.2) is 30.5 Å². The Bertz CT molecular complexity index is 704. The molecule has 6 heteroatoms. The van der Waals surface area contributed by atoms with Crippen LogP contribution in [0.4, 0.5) is 5.82 Å². The zero-order valence-corrected chi connectivity index (χ0v) is 12.3. The number of nitrogens with one attached hydrogen (secondary N) is 1. The predicted octanol–water partition coefficient (Wildman–Crippen LogP) is 2.26. The van der Waals surface area contributed by atoms with Crippen LogP contribution in [-0.4, -0.2) is 28.5 Å². The molecule has 2 heterocycles. The van der Waals surface area contributed by atoms with Crippen LogP contribution in [0, 0.1) is 0 Å². The number of methoxy groups -OCH3 is 1. The highest BCUT2D eigenvalue weighted by Gasteiger charge is 2.16. The van der Waals surface area contributed by atoms with Gasteiger partial charge in [-0.05, 0) is 37.1 Å². The molecule has 0 radical (unpaired) electrons. The van der Waals surface area contributed by atoms with Crippen molar-refractivity contribution in [2.45, 2.75) is 25.8 Å². The third-order valence-electron chi connectivity index (χ3n) is 3.78. The van der Waals surface area contributed by atoms with Gasteiger partial charge in [0.2, 0.25) is 0 Å². The number of nitrogens with zero attached hydrogens (tertiary/aromatic N) is 2. The van der Waals surface area contributed by atoms with Crippen molar-refractivity contribution in [3.63, 3.8) is 0 Å². The lowest BCUT2D eigenvalue weighted by Crippen LogP contribution is -2.18. The molecular formula is C16H17N3O3. The maximum atomic E-state index is 12.3. The first-order chi connectivity index (χ1) is 10.7. The van der Waals surface area contributed by atoms with Crippen LogP contribution in [0.25, 0.3) is 0 Å². The summed E-state index contributed by atoms with van der Waals surface area (Å²) in [7, 11) is 1.33. The van der Waals surface area contributed by atoms with Crippen LogP contribution in [0.5, 0.6) is 0 Å². The van der Waals surface area contributed by atoms with Gasteiger partial charge in [-0.1, -0.05) is 0 Å². The fourth-order valence-electron chi connectivity index (χ4n) is 2.58. The Morgan fingerprint density at radius 3 is 2.64 bits per heavy atom. The van der Waals surface area contributed by atoms with Gasteiger partial charge in [-0.15, -0.1) is 0 Å². The summed E-state index contributed by atoms with van der Waals surface area (Å²) < 4.78 is 6.68. The van der Waals surface area contributed by atoms with Gasteiger partial charge in [0.1, 0.15) is 11.6 Å². The van der Waals surface area contributed by atoms with Gasteiger partial charge in [0.15, 0.2) is 0 Å². The molecule has 1 amide bonds. The fourth-order valence-corrected chi connectivity index (χ4v) is 2.58. The van der Waals surface area contributed by atoms with E-state index >= 15 is 0 Å². The minimum atomic E-state index is -0.420. The largest absolute Gasteiger partial charge is 0.465 e. The molecule has 6 nitrogen and oxygen atoms in total. The Morgan fingerprint density at radius 2 is 1.91 bits per heavy atom. The lowest BCUT2D eigenvalue weighted by Gasteiger charge is -2.16. The van der Waals surface area contributed by atoms with Gasteiger partial charge in [0, 0.05) is 18.5 Å². The van der Waals surface area contributed by atoms with Crippen molar-refractivity contribution >= 4 is 17.7 Å². The van der Waals surface area contributed by atoms with Gasteiger partial charge in [-0.25, -0.2) is 9.78 Å². The second-order valence-corrected chi connectivity index (χ2v) is 5.19. The maximum Gasteiger partial charge on any atom is 0.337 e. The summed E-state index contributed by atoms with van der Waals surface area (Å²) >= 11 is 0. The molecule has 1 aromatic heterocycles. The number of fused-ring (bicyclic) bond motifs is 1. The number of rotatable bonds is 3. The summed E-state index contributed by atoms with van der Waals surface area (Å²) in [5, 5.41) is 2.87. The summed E-state index contributed by atoms with van der Waals surface area (Å²) in [5.74, 6) is 1.10. The topological polar surface area (TPSA) is 73.2 Å². The third-order valence-corrected chi connectivity index (χ3v) is 3.78. The van der Waals surface area contributed by atoms with E-state index in [1.165, 1.54) is 7.11 Å². The Kier molecular flexibility index (Phi) is 3.91. The number of imidazole rings is 1.